The molecule has 0 aliphatic heterocycles. The SMILES string of the molecule is CCCCn1c(=O)[nH]c(=O)c2c1nc(CSc1nnc(NCCOC)s1)n2CC. The Hall–Kier alpha value is -2.18. The van der Waals surface area contributed by atoms with Crippen molar-refractivity contribution in [2.45, 2.75) is 49.9 Å². The number of nitrogens with zero attached hydrogens (tertiary/aromatic N) is 5. The molecule has 0 amide bonds. The summed E-state index contributed by atoms with van der Waals surface area (Å²) in [7, 11) is 1.65. The molecular formula is C17H25N7O3S2. The van der Waals surface area contributed by atoms with Gasteiger partial charge >= 0.3 is 5.69 Å². The summed E-state index contributed by atoms with van der Waals surface area (Å²) in [5, 5.41) is 12.2. The Kier molecular flexibility index (Phi) is 7.45. The first-order valence-electron chi connectivity index (χ1n) is 9.50. The summed E-state index contributed by atoms with van der Waals surface area (Å²) in [4.78, 5) is 31.8. The van der Waals surface area contributed by atoms with Crippen LogP contribution in [0.3, 0.4) is 0 Å². The molecule has 0 saturated heterocycles. The van der Waals surface area contributed by atoms with Gasteiger partial charge in [0.1, 0.15) is 5.82 Å². The third kappa shape index (κ3) is 4.87. The van der Waals surface area contributed by atoms with Gasteiger partial charge in [-0.05, 0) is 13.3 Å². The molecule has 158 valence electrons. The third-order valence-electron chi connectivity index (χ3n) is 4.33. The number of anilines is 1. The maximum Gasteiger partial charge on any atom is 0.330 e. The van der Waals surface area contributed by atoms with E-state index in [1.54, 1.807) is 11.7 Å². The lowest BCUT2D eigenvalue weighted by Crippen LogP contribution is -2.31. The van der Waals surface area contributed by atoms with Crippen molar-refractivity contribution >= 4 is 39.4 Å². The fourth-order valence-electron chi connectivity index (χ4n) is 2.92. The molecule has 0 saturated carbocycles. The topological polar surface area (TPSA) is 120 Å². The van der Waals surface area contributed by atoms with Crippen LogP contribution in [0.5, 0.6) is 0 Å². The summed E-state index contributed by atoms with van der Waals surface area (Å²) in [6.07, 6.45) is 1.79. The van der Waals surface area contributed by atoms with Crippen LogP contribution in [-0.2, 0) is 23.6 Å². The maximum absolute atomic E-state index is 12.4. The molecule has 10 nitrogen and oxygen atoms in total. The normalized spacial score (nSPS) is 11.4. The first kappa shape index (κ1) is 21.5. The van der Waals surface area contributed by atoms with Crippen molar-refractivity contribution in [2.24, 2.45) is 0 Å². The summed E-state index contributed by atoms with van der Waals surface area (Å²) in [5.74, 6) is 1.26. The van der Waals surface area contributed by atoms with Crippen LogP contribution >= 0.6 is 23.1 Å². The highest BCUT2D eigenvalue weighted by atomic mass is 32.2. The van der Waals surface area contributed by atoms with Crippen LogP contribution in [0.15, 0.2) is 13.9 Å². The number of hydrogen-bond donors (Lipinski definition) is 2. The lowest BCUT2D eigenvalue weighted by molar-refractivity contribution is 0.211. The Bertz CT molecular complexity index is 1070. The number of hydrogen-bond acceptors (Lipinski definition) is 9. The second-order valence-electron chi connectivity index (χ2n) is 6.29. The number of imidazole rings is 1. The molecule has 3 rings (SSSR count). The molecule has 0 radical (unpaired) electrons. The van der Waals surface area contributed by atoms with Gasteiger partial charge in [0.2, 0.25) is 5.13 Å². The van der Waals surface area contributed by atoms with Crippen molar-refractivity contribution in [3.63, 3.8) is 0 Å². The van der Waals surface area contributed by atoms with Gasteiger partial charge in [0.25, 0.3) is 5.56 Å². The van der Waals surface area contributed by atoms with Crippen molar-refractivity contribution in [1.29, 1.82) is 0 Å². The number of aromatic nitrogens is 6. The largest absolute Gasteiger partial charge is 0.383 e. The number of aromatic amines is 1. The van der Waals surface area contributed by atoms with Crippen LogP contribution in [0.25, 0.3) is 11.2 Å². The first-order chi connectivity index (χ1) is 14.1. The van der Waals surface area contributed by atoms with Crippen molar-refractivity contribution in [2.75, 3.05) is 25.6 Å². The van der Waals surface area contributed by atoms with Gasteiger partial charge in [-0.15, -0.1) is 10.2 Å². The average molecular weight is 440 g/mol. The Morgan fingerprint density at radius 2 is 2.07 bits per heavy atom. The van der Waals surface area contributed by atoms with E-state index in [0.29, 0.717) is 43.2 Å². The molecule has 0 spiro atoms. The van der Waals surface area contributed by atoms with Crippen LogP contribution in [-0.4, -0.2) is 49.6 Å². The minimum atomic E-state index is -0.410. The van der Waals surface area contributed by atoms with Crippen molar-refractivity contribution in [1.82, 2.24) is 29.3 Å². The summed E-state index contributed by atoms with van der Waals surface area (Å²) >= 11 is 2.96. The van der Waals surface area contributed by atoms with Gasteiger partial charge in [-0.1, -0.05) is 36.4 Å². The fourth-order valence-corrected chi connectivity index (χ4v) is 4.64. The molecule has 0 atom stereocenters. The van der Waals surface area contributed by atoms with Gasteiger partial charge in [-0.2, -0.15) is 0 Å². The van der Waals surface area contributed by atoms with E-state index in [4.69, 9.17) is 4.74 Å². The molecule has 0 unspecified atom stereocenters. The van der Waals surface area contributed by atoms with Gasteiger partial charge < -0.3 is 14.6 Å². The molecule has 3 aromatic rings. The zero-order valence-corrected chi connectivity index (χ0v) is 18.4. The Morgan fingerprint density at radius 1 is 1.24 bits per heavy atom. The second kappa shape index (κ2) is 10.0. The number of thioether (sulfide) groups is 1. The van der Waals surface area contributed by atoms with Crippen molar-refractivity contribution in [3.05, 3.63) is 26.7 Å². The molecular weight excluding hydrogens is 414 g/mol. The second-order valence-corrected chi connectivity index (χ2v) is 8.49. The Morgan fingerprint density at radius 3 is 2.79 bits per heavy atom. The van der Waals surface area contributed by atoms with Crippen LogP contribution in [0.4, 0.5) is 5.13 Å². The summed E-state index contributed by atoms with van der Waals surface area (Å²) < 4.78 is 9.23. The van der Waals surface area contributed by atoms with E-state index in [1.165, 1.54) is 23.1 Å². The maximum atomic E-state index is 12.4. The van der Waals surface area contributed by atoms with Crippen molar-refractivity contribution in [3.8, 4) is 0 Å². The van der Waals surface area contributed by atoms with E-state index < -0.39 is 11.2 Å². The molecule has 3 heterocycles. The summed E-state index contributed by atoms with van der Waals surface area (Å²) in [6.45, 7) is 6.39. The number of nitrogens with one attached hydrogen (secondary N) is 2. The number of H-pyrrole nitrogens is 1. The van der Waals surface area contributed by atoms with Gasteiger partial charge in [0.15, 0.2) is 15.5 Å². The average Bonchev–Trinajstić information content (AvgIpc) is 3.30. The van der Waals surface area contributed by atoms with Gasteiger partial charge in [0.05, 0.1) is 12.4 Å². The number of methoxy groups -OCH3 is 1. The van der Waals surface area contributed by atoms with Gasteiger partial charge in [0, 0.05) is 26.7 Å². The number of rotatable bonds is 11. The van der Waals surface area contributed by atoms with E-state index >= 15 is 0 Å². The third-order valence-corrected chi connectivity index (χ3v) is 6.34. The molecule has 2 N–H and O–H groups in total. The summed E-state index contributed by atoms with van der Waals surface area (Å²) in [5.41, 5.74) is 0.0810. The predicted molar refractivity (Wildman–Crippen MR) is 115 cm³/mol. The molecule has 0 aromatic carbocycles. The minimum absolute atomic E-state index is 0.399. The van der Waals surface area contributed by atoms with Crippen LogP contribution in [0.2, 0.25) is 0 Å². The quantitative estimate of drug-likeness (QED) is 0.343. The van der Waals surface area contributed by atoms with Crippen LogP contribution < -0.4 is 16.6 Å². The molecule has 0 bridgehead atoms. The Labute approximate surface area is 175 Å². The smallest absolute Gasteiger partial charge is 0.330 e. The number of aryl methyl sites for hydroxylation is 2. The number of ether oxygens (including phenoxy) is 1. The first-order valence-corrected chi connectivity index (χ1v) is 11.3. The minimum Gasteiger partial charge on any atom is -0.383 e. The highest BCUT2D eigenvalue weighted by Crippen LogP contribution is 2.28. The highest BCUT2D eigenvalue weighted by Gasteiger charge is 2.18. The Balaban J connectivity index is 1.85. The van der Waals surface area contributed by atoms with Gasteiger partial charge in [-0.25, -0.2) is 9.78 Å². The molecule has 3 aromatic heterocycles. The molecule has 0 fully saturated rings. The highest BCUT2D eigenvalue weighted by molar-refractivity contribution is 8.00. The lowest BCUT2D eigenvalue weighted by atomic mass is 10.3. The zero-order valence-electron chi connectivity index (χ0n) is 16.7. The fraction of sp³-hybridized carbons (Fsp3) is 0.588. The van der Waals surface area contributed by atoms with Crippen LogP contribution in [0.1, 0.15) is 32.5 Å². The monoisotopic (exact) mass is 439 g/mol. The number of fused-ring (bicyclic) bond motifs is 1. The predicted octanol–water partition coefficient (Wildman–Crippen LogP) is 1.91. The van der Waals surface area contributed by atoms with Crippen molar-refractivity contribution < 1.29 is 4.74 Å². The molecule has 0 aliphatic carbocycles. The van der Waals surface area contributed by atoms with E-state index in [2.05, 4.69) is 32.4 Å². The standard InChI is InChI=1S/C17H25N7O3S2/c1-4-6-8-24-13-12(14(25)20-16(24)26)23(5-2)11(19-13)10-28-17-22-21-15(29-17)18-7-9-27-3/h4-10H2,1-3H3,(H,18,21)(H,20,25,26). The van der Waals surface area contributed by atoms with E-state index in [1.807, 2.05) is 11.5 Å². The van der Waals surface area contributed by atoms with Crippen LogP contribution in [0, 0.1) is 0 Å². The molecule has 12 heteroatoms. The zero-order chi connectivity index (χ0) is 20.8. The van der Waals surface area contributed by atoms with Gasteiger partial charge in [-0.3, -0.25) is 14.3 Å². The van der Waals surface area contributed by atoms with E-state index in [9.17, 15) is 9.59 Å². The van der Waals surface area contributed by atoms with E-state index in [-0.39, 0.29) is 0 Å². The van der Waals surface area contributed by atoms with E-state index in [0.717, 1.165) is 28.1 Å². The lowest BCUT2D eigenvalue weighted by Gasteiger charge is -2.06. The molecule has 0 aliphatic rings. The molecule has 29 heavy (non-hydrogen) atoms. The number of unbranched alkanes of at least 4 members (excludes halogenated alkanes) is 1. The summed E-state index contributed by atoms with van der Waals surface area (Å²) in [6, 6.07) is 0.